The molecule has 4 nitrogen and oxygen atoms in total. The molecule has 1 rings (SSSR count). The van der Waals surface area contributed by atoms with Gasteiger partial charge < -0.3 is 0 Å². The summed E-state index contributed by atoms with van der Waals surface area (Å²) in [4.78, 5) is 4.11. The van der Waals surface area contributed by atoms with Gasteiger partial charge in [-0.2, -0.15) is 0 Å². The Labute approximate surface area is 84.6 Å². The van der Waals surface area contributed by atoms with E-state index < -0.39 is 10.0 Å². The van der Waals surface area contributed by atoms with Gasteiger partial charge in [0.15, 0.2) is 0 Å². The standard InChI is InChI=1S/C9H14N2O2S/c1-11(14(2,12)13)8-6-9-5-3-4-7-10-9/h3-5,7H,6,8H2,1-2H3. The van der Waals surface area contributed by atoms with Crippen LogP contribution in [-0.2, 0) is 16.4 Å². The number of aromatic nitrogens is 1. The second-order valence-corrected chi connectivity index (χ2v) is 5.24. The van der Waals surface area contributed by atoms with Crippen LogP contribution in [0.5, 0.6) is 0 Å². The highest BCUT2D eigenvalue weighted by molar-refractivity contribution is 7.88. The SMILES string of the molecule is CN(CCc1ccccn1)S(C)(=O)=O. The summed E-state index contributed by atoms with van der Waals surface area (Å²) < 4.78 is 23.4. The zero-order valence-corrected chi connectivity index (χ0v) is 9.16. The lowest BCUT2D eigenvalue weighted by Crippen LogP contribution is -2.27. The summed E-state index contributed by atoms with van der Waals surface area (Å²) in [6.45, 7) is 0.468. The molecule has 5 heteroatoms. The number of sulfonamides is 1. The van der Waals surface area contributed by atoms with Gasteiger partial charge in [-0.05, 0) is 12.1 Å². The van der Waals surface area contributed by atoms with E-state index in [0.717, 1.165) is 5.69 Å². The van der Waals surface area contributed by atoms with Crippen LogP contribution in [0.25, 0.3) is 0 Å². The summed E-state index contributed by atoms with van der Waals surface area (Å²) >= 11 is 0. The smallest absolute Gasteiger partial charge is 0.210 e. The Kier molecular flexibility index (Phi) is 3.60. The second kappa shape index (κ2) is 4.52. The molecule has 0 saturated heterocycles. The lowest BCUT2D eigenvalue weighted by Gasteiger charge is -2.12. The van der Waals surface area contributed by atoms with E-state index in [0.29, 0.717) is 13.0 Å². The summed E-state index contributed by atoms with van der Waals surface area (Å²) in [5.74, 6) is 0. The fourth-order valence-corrected chi connectivity index (χ4v) is 1.41. The van der Waals surface area contributed by atoms with Gasteiger partial charge in [0.05, 0.1) is 6.26 Å². The molecule has 0 aliphatic heterocycles. The summed E-state index contributed by atoms with van der Waals surface area (Å²) in [6, 6.07) is 5.61. The molecule has 0 aromatic carbocycles. The average Bonchev–Trinajstić information content (AvgIpc) is 2.14. The molecule has 1 aromatic heterocycles. The van der Waals surface area contributed by atoms with Gasteiger partial charge in [-0.25, -0.2) is 12.7 Å². The second-order valence-electron chi connectivity index (χ2n) is 3.16. The summed E-state index contributed by atoms with van der Waals surface area (Å²) in [7, 11) is -1.50. The molecule has 0 unspecified atom stereocenters. The molecule has 0 atom stereocenters. The maximum absolute atomic E-state index is 11.1. The van der Waals surface area contributed by atoms with Gasteiger partial charge in [0, 0.05) is 31.9 Å². The molecule has 1 aromatic rings. The monoisotopic (exact) mass is 214 g/mol. The summed E-state index contributed by atoms with van der Waals surface area (Å²) in [5, 5.41) is 0. The predicted molar refractivity (Wildman–Crippen MR) is 55.4 cm³/mol. The van der Waals surface area contributed by atoms with Crippen molar-refractivity contribution in [3.8, 4) is 0 Å². The molecule has 0 N–H and O–H groups in total. The molecule has 0 aliphatic rings. The lowest BCUT2D eigenvalue weighted by atomic mass is 10.3. The highest BCUT2D eigenvalue weighted by Crippen LogP contribution is 1.99. The number of hydrogen-bond donors (Lipinski definition) is 0. The molecule has 0 bridgehead atoms. The molecule has 0 amide bonds. The Bertz CT molecular complexity index is 375. The molecule has 0 saturated carbocycles. The van der Waals surface area contributed by atoms with Crippen LogP contribution in [0, 0.1) is 0 Å². The quantitative estimate of drug-likeness (QED) is 0.734. The summed E-state index contributed by atoms with van der Waals surface area (Å²) in [6.07, 6.45) is 3.55. The first-order valence-electron chi connectivity index (χ1n) is 4.31. The van der Waals surface area contributed by atoms with Crippen LogP contribution in [-0.4, -0.2) is 37.6 Å². The molecule has 0 radical (unpaired) electrons. The Morgan fingerprint density at radius 1 is 1.43 bits per heavy atom. The van der Waals surface area contributed by atoms with Crippen molar-refractivity contribution < 1.29 is 8.42 Å². The van der Waals surface area contributed by atoms with E-state index in [2.05, 4.69) is 4.98 Å². The van der Waals surface area contributed by atoms with Crippen LogP contribution in [0.4, 0.5) is 0 Å². The third kappa shape index (κ3) is 3.43. The predicted octanol–water partition coefficient (Wildman–Crippen LogP) is 0.516. The zero-order valence-electron chi connectivity index (χ0n) is 8.34. The lowest BCUT2D eigenvalue weighted by molar-refractivity contribution is 0.476. The fourth-order valence-electron chi connectivity index (χ4n) is 0.984. The highest BCUT2D eigenvalue weighted by Gasteiger charge is 2.09. The molecular weight excluding hydrogens is 200 g/mol. The van der Waals surface area contributed by atoms with Gasteiger partial charge in [-0.15, -0.1) is 0 Å². The van der Waals surface area contributed by atoms with E-state index in [1.807, 2.05) is 18.2 Å². The van der Waals surface area contributed by atoms with Gasteiger partial charge in [0.2, 0.25) is 10.0 Å². The van der Waals surface area contributed by atoms with Gasteiger partial charge in [0.25, 0.3) is 0 Å². The summed E-state index contributed by atoms with van der Waals surface area (Å²) in [5.41, 5.74) is 0.906. The number of rotatable bonds is 4. The average molecular weight is 214 g/mol. The largest absolute Gasteiger partial charge is 0.261 e. The van der Waals surface area contributed by atoms with Crippen molar-refractivity contribution in [3.63, 3.8) is 0 Å². The van der Waals surface area contributed by atoms with Gasteiger partial charge in [0.1, 0.15) is 0 Å². The molecule has 78 valence electrons. The molecule has 14 heavy (non-hydrogen) atoms. The van der Waals surface area contributed by atoms with Crippen LogP contribution >= 0.6 is 0 Å². The third-order valence-corrected chi connectivity index (χ3v) is 3.29. The van der Waals surface area contributed by atoms with Crippen LogP contribution in [0.15, 0.2) is 24.4 Å². The van der Waals surface area contributed by atoms with Crippen LogP contribution in [0.1, 0.15) is 5.69 Å². The fraction of sp³-hybridized carbons (Fsp3) is 0.444. The van der Waals surface area contributed by atoms with Crippen LogP contribution in [0.2, 0.25) is 0 Å². The number of nitrogens with zero attached hydrogens (tertiary/aromatic N) is 2. The van der Waals surface area contributed by atoms with Crippen molar-refractivity contribution in [2.24, 2.45) is 0 Å². The van der Waals surface area contributed by atoms with E-state index in [9.17, 15) is 8.42 Å². The molecular formula is C9H14N2O2S. The van der Waals surface area contributed by atoms with Crippen molar-refractivity contribution in [2.45, 2.75) is 6.42 Å². The normalized spacial score (nSPS) is 11.9. The molecule has 0 spiro atoms. The molecule has 1 heterocycles. The van der Waals surface area contributed by atoms with E-state index in [1.165, 1.54) is 10.6 Å². The Morgan fingerprint density at radius 3 is 2.64 bits per heavy atom. The maximum atomic E-state index is 11.1. The van der Waals surface area contributed by atoms with E-state index in [-0.39, 0.29) is 0 Å². The van der Waals surface area contributed by atoms with Crippen LogP contribution < -0.4 is 0 Å². The minimum atomic E-state index is -3.07. The Balaban J connectivity index is 2.50. The van der Waals surface area contributed by atoms with Crippen molar-refractivity contribution in [3.05, 3.63) is 30.1 Å². The Morgan fingerprint density at radius 2 is 2.14 bits per heavy atom. The van der Waals surface area contributed by atoms with E-state index >= 15 is 0 Å². The molecule has 0 fully saturated rings. The Hall–Kier alpha value is -0.940. The van der Waals surface area contributed by atoms with Gasteiger partial charge in [-0.1, -0.05) is 6.07 Å². The van der Waals surface area contributed by atoms with Crippen molar-refractivity contribution >= 4 is 10.0 Å². The highest BCUT2D eigenvalue weighted by atomic mass is 32.2. The van der Waals surface area contributed by atoms with E-state index in [4.69, 9.17) is 0 Å². The topological polar surface area (TPSA) is 50.3 Å². The molecule has 0 aliphatic carbocycles. The number of hydrogen-bond acceptors (Lipinski definition) is 3. The maximum Gasteiger partial charge on any atom is 0.210 e. The van der Waals surface area contributed by atoms with Crippen molar-refractivity contribution in [2.75, 3.05) is 19.8 Å². The van der Waals surface area contributed by atoms with Crippen molar-refractivity contribution in [1.29, 1.82) is 0 Å². The first-order chi connectivity index (χ1) is 6.50. The third-order valence-electron chi connectivity index (χ3n) is 1.98. The van der Waals surface area contributed by atoms with Gasteiger partial charge >= 0.3 is 0 Å². The van der Waals surface area contributed by atoms with E-state index in [1.54, 1.807) is 13.2 Å². The number of likely N-dealkylation sites (N-methyl/N-ethyl adjacent to an activating group) is 1. The minimum absolute atomic E-state index is 0.468. The first kappa shape index (κ1) is 11.1. The zero-order chi connectivity index (χ0) is 10.6. The van der Waals surface area contributed by atoms with Crippen LogP contribution in [0.3, 0.4) is 0 Å². The number of pyridine rings is 1. The minimum Gasteiger partial charge on any atom is -0.261 e. The van der Waals surface area contributed by atoms with Crippen molar-refractivity contribution in [1.82, 2.24) is 9.29 Å². The first-order valence-corrected chi connectivity index (χ1v) is 6.16. The van der Waals surface area contributed by atoms with Gasteiger partial charge in [-0.3, -0.25) is 4.98 Å².